The quantitative estimate of drug-likeness (QED) is 0.0662. The molecule has 9 heteroatoms. The van der Waals surface area contributed by atoms with Crippen molar-refractivity contribution in [3.8, 4) is 0 Å². The van der Waals surface area contributed by atoms with Gasteiger partial charge in [0.2, 0.25) is 5.76 Å². The standard InChI is InChI=1S/C45H60O7Si2/c1-34-30-45(41(49-33-47-8)40(42(46)52-45)48-31-35-21-14-11-15-22-35)37(23-20-28-50-53(9,10)43(2,3)4)29-36(34)32-51-54(44(5,6)7,38-24-16-12-17-25-38)39-26-18-13-19-27-39/h11-27,29,34,37H,28,30-33H2,1-10H3/b23-20+/t34-,37-,45+/m1/s1. The molecule has 3 aromatic carbocycles. The summed E-state index contributed by atoms with van der Waals surface area (Å²) in [6.45, 7) is 21.3. The second-order valence-corrected chi connectivity index (χ2v) is 26.2. The third kappa shape index (κ3) is 8.71. The van der Waals surface area contributed by atoms with E-state index in [2.05, 4.69) is 140 Å². The zero-order valence-electron chi connectivity index (χ0n) is 33.9. The molecule has 0 saturated heterocycles. The minimum Gasteiger partial charge on any atom is -0.479 e. The molecule has 1 heterocycles. The van der Waals surface area contributed by atoms with Crippen LogP contribution in [0.25, 0.3) is 0 Å². The van der Waals surface area contributed by atoms with E-state index in [1.54, 1.807) is 7.11 Å². The van der Waals surface area contributed by atoms with Crippen molar-refractivity contribution in [3.05, 3.63) is 132 Å². The van der Waals surface area contributed by atoms with Crippen LogP contribution in [0.4, 0.5) is 0 Å². The average Bonchev–Trinajstić information content (AvgIpc) is 3.39. The minimum atomic E-state index is -2.82. The van der Waals surface area contributed by atoms with E-state index >= 15 is 0 Å². The molecular weight excluding hydrogens is 709 g/mol. The first-order valence-electron chi connectivity index (χ1n) is 19.1. The van der Waals surface area contributed by atoms with E-state index in [0.29, 0.717) is 25.4 Å². The molecule has 3 atom stereocenters. The minimum absolute atomic E-state index is 0.0150. The van der Waals surface area contributed by atoms with E-state index in [4.69, 9.17) is 27.8 Å². The molecule has 0 bridgehead atoms. The van der Waals surface area contributed by atoms with Gasteiger partial charge in [0.15, 0.2) is 26.5 Å². The Balaban J connectivity index is 1.57. The molecule has 5 rings (SSSR count). The van der Waals surface area contributed by atoms with E-state index in [0.717, 1.165) is 11.1 Å². The maximum Gasteiger partial charge on any atom is 0.378 e. The highest BCUT2D eigenvalue weighted by Crippen LogP contribution is 2.50. The van der Waals surface area contributed by atoms with E-state index in [9.17, 15) is 4.79 Å². The molecule has 0 fully saturated rings. The summed E-state index contributed by atoms with van der Waals surface area (Å²) in [6, 6.07) is 31.2. The van der Waals surface area contributed by atoms with Crippen molar-refractivity contribution in [2.45, 2.75) is 90.3 Å². The molecule has 0 unspecified atom stereocenters. The fraction of sp³-hybridized carbons (Fsp3) is 0.444. The molecule has 1 spiro atoms. The van der Waals surface area contributed by atoms with Gasteiger partial charge in [-0.3, -0.25) is 0 Å². The van der Waals surface area contributed by atoms with Gasteiger partial charge in [-0.15, -0.1) is 0 Å². The van der Waals surface area contributed by atoms with Crippen molar-refractivity contribution >= 4 is 33.0 Å². The molecular formula is C45H60O7Si2. The molecule has 0 N–H and O–H groups in total. The SMILES string of the molecule is COCOC1=C(OCc2ccccc2)C(=O)O[C@]12C[C@@H](C)C(CO[Si](c1ccccc1)(c1ccccc1)C(C)(C)C)=C[C@H]2/C=C/CO[Si](C)(C)C(C)(C)C. The number of hydrogen-bond donors (Lipinski definition) is 0. The van der Waals surface area contributed by atoms with Gasteiger partial charge in [-0.1, -0.05) is 158 Å². The van der Waals surface area contributed by atoms with Gasteiger partial charge in [0.1, 0.15) is 6.61 Å². The Bertz CT molecular complexity index is 1750. The van der Waals surface area contributed by atoms with Crippen LogP contribution in [-0.2, 0) is 39.2 Å². The van der Waals surface area contributed by atoms with Crippen molar-refractivity contribution in [3.63, 3.8) is 0 Å². The van der Waals surface area contributed by atoms with E-state index in [1.165, 1.54) is 10.4 Å². The molecule has 0 saturated carbocycles. The summed E-state index contributed by atoms with van der Waals surface area (Å²) in [5.41, 5.74) is 0.938. The summed E-state index contributed by atoms with van der Waals surface area (Å²) in [4.78, 5) is 13.8. The van der Waals surface area contributed by atoms with Gasteiger partial charge < -0.3 is 27.8 Å². The summed E-state index contributed by atoms with van der Waals surface area (Å²) >= 11 is 0. The van der Waals surface area contributed by atoms with E-state index in [-0.39, 0.29) is 41.1 Å². The molecule has 0 aromatic heterocycles. The van der Waals surface area contributed by atoms with Crippen molar-refractivity contribution < 1.29 is 32.6 Å². The smallest absolute Gasteiger partial charge is 0.378 e. The van der Waals surface area contributed by atoms with Gasteiger partial charge in [-0.05, 0) is 50.6 Å². The molecule has 0 amide bonds. The molecule has 3 aromatic rings. The lowest BCUT2D eigenvalue weighted by Gasteiger charge is -2.45. The highest BCUT2D eigenvalue weighted by atomic mass is 28.4. The number of methoxy groups -OCH3 is 1. The van der Waals surface area contributed by atoms with Gasteiger partial charge in [0.25, 0.3) is 8.32 Å². The van der Waals surface area contributed by atoms with Gasteiger partial charge in [-0.2, -0.15) is 0 Å². The van der Waals surface area contributed by atoms with Crippen LogP contribution in [0.5, 0.6) is 0 Å². The van der Waals surface area contributed by atoms with Crippen LogP contribution in [0.15, 0.2) is 126 Å². The maximum absolute atomic E-state index is 13.8. The van der Waals surface area contributed by atoms with Gasteiger partial charge >= 0.3 is 5.97 Å². The molecule has 7 nitrogen and oxygen atoms in total. The molecule has 54 heavy (non-hydrogen) atoms. The van der Waals surface area contributed by atoms with Crippen molar-refractivity contribution in [2.24, 2.45) is 11.8 Å². The highest BCUT2D eigenvalue weighted by Gasteiger charge is 2.58. The first-order valence-corrected chi connectivity index (χ1v) is 23.9. The number of benzene rings is 3. The van der Waals surface area contributed by atoms with Crippen LogP contribution < -0.4 is 10.4 Å². The Kier molecular flexibility index (Phi) is 13.0. The zero-order valence-corrected chi connectivity index (χ0v) is 35.9. The summed E-state index contributed by atoms with van der Waals surface area (Å²) in [7, 11) is -3.26. The number of ether oxygens (including phenoxy) is 4. The third-order valence-electron chi connectivity index (χ3n) is 11.3. The Morgan fingerprint density at radius 2 is 1.37 bits per heavy atom. The lowest BCUT2D eigenvalue weighted by molar-refractivity contribution is -0.156. The molecule has 0 radical (unpaired) electrons. The lowest BCUT2D eigenvalue weighted by atomic mass is 9.71. The monoisotopic (exact) mass is 768 g/mol. The fourth-order valence-corrected chi connectivity index (χ4v) is 12.8. The molecule has 1 aliphatic carbocycles. The molecule has 290 valence electrons. The van der Waals surface area contributed by atoms with Gasteiger partial charge in [0, 0.05) is 19.4 Å². The zero-order chi connectivity index (χ0) is 39.2. The summed E-state index contributed by atoms with van der Waals surface area (Å²) in [6.07, 6.45) is 6.86. The predicted octanol–water partition coefficient (Wildman–Crippen LogP) is 9.07. The number of carbonyl (C=O) groups excluding carboxylic acids is 1. The lowest BCUT2D eigenvalue weighted by Crippen LogP contribution is -2.66. The summed E-state index contributed by atoms with van der Waals surface area (Å²) in [5.74, 6) is -0.498. The number of hydrogen-bond acceptors (Lipinski definition) is 7. The Labute approximate surface area is 325 Å². The van der Waals surface area contributed by atoms with E-state index in [1.807, 2.05) is 30.3 Å². The first-order chi connectivity index (χ1) is 25.6. The van der Waals surface area contributed by atoms with Crippen molar-refractivity contribution in [2.75, 3.05) is 27.1 Å². The topological polar surface area (TPSA) is 72.5 Å². The van der Waals surface area contributed by atoms with Crippen LogP contribution >= 0.6 is 0 Å². The Morgan fingerprint density at radius 1 is 0.796 bits per heavy atom. The van der Waals surface area contributed by atoms with Crippen LogP contribution in [0.2, 0.25) is 23.2 Å². The van der Waals surface area contributed by atoms with Crippen LogP contribution in [0, 0.1) is 11.8 Å². The summed E-state index contributed by atoms with van der Waals surface area (Å²) in [5, 5.41) is 2.35. The van der Waals surface area contributed by atoms with Crippen LogP contribution in [0.1, 0.15) is 60.5 Å². The predicted molar refractivity (Wildman–Crippen MR) is 221 cm³/mol. The molecule has 2 aliphatic rings. The van der Waals surface area contributed by atoms with E-state index < -0.39 is 28.2 Å². The maximum atomic E-state index is 13.8. The van der Waals surface area contributed by atoms with Gasteiger partial charge in [0.05, 0.1) is 13.2 Å². The molecule has 1 aliphatic heterocycles. The van der Waals surface area contributed by atoms with Crippen molar-refractivity contribution in [1.82, 2.24) is 0 Å². The fourth-order valence-electron chi connectivity index (χ4n) is 7.34. The van der Waals surface area contributed by atoms with Crippen LogP contribution in [-0.4, -0.2) is 55.3 Å². The Hall–Kier alpha value is -3.74. The number of esters is 1. The van der Waals surface area contributed by atoms with Gasteiger partial charge in [-0.25, -0.2) is 4.79 Å². The van der Waals surface area contributed by atoms with Crippen LogP contribution in [0.3, 0.4) is 0 Å². The number of carbonyl (C=O) groups is 1. The average molecular weight is 769 g/mol. The number of rotatable bonds is 15. The first kappa shape index (κ1) is 41.4. The second-order valence-electron chi connectivity index (χ2n) is 17.1. The largest absolute Gasteiger partial charge is 0.479 e. The van der Waals surface area contributed by atoms with Crippen molar-refractivity contribution in [1.29, 1.82) is 0 Å². The summed E-state index contributed by atoms with van der Waals surface area (Å²) < 4.78 is 38.3. The Morgan fingerprint density at radius 3 is 1.91 bits per heavy atom. The highest BCUT2D eigenvalue weighted by molar-refractivity contribution is 6.99. The third-order valence-corrected chi connectivity index (χ3v) is 20.8. The normalized spacial score (nSPS) is 21.1. The second kappa shape index (κ2) is 17.0.